The molecule has 2 aromatic rings. The van der Waals surface area contributed by atoms with Gasteiger partial charge in [-0.05, 0) is 42.3 Å². The molecule has 176 valence electrons. The number of hydrogen-bond acceptors (Lipinski definition) is 5. The highest BCUT2D eigenvalue weighted by Gasteiger charge is 2.46. The number of benzene rings is 2. The number of amides is 1. The quantitative estimate of drug-likeness (QED) is 0.344. The molecule has 1 unspecified atom stereocenters. The lowest BCUT2D eigenvalue weighted by Crippen LogP contribution is -2.38. The Balaban J connectivity index is 2.13. The summed E-state index contributed by atoms with van der Waals surface area (Å²) in [7, 11) is 1.51. The molecule has 0 aromatic heterocycles. The van der Waals surface area contributed by atoms with Crippen molar-refractivity contribution in [1.82, 2.24) is 9.80 Å². The SMILES string of the molecule is CCN(CC)CCN1C(=O)C(=O)/C(=C(/O)c2ccccc2OC)C1c1ccc(C(C)C)cc1. The summed E-state index contributed by atoms with van der Waals surface area (Å²) in [4.78, 5) is 30.1. The maximum absolute atomic E-state index is 13.2. The van der Waals surface area contributed by atoms with Crippen LogP contribution in [0.3, 0.4) is 0 Å². The lowest BCUT2D eigenvalue weighted by Gasteiger charge is -2.28. The molecular weight excluding hydrogens is 416 g/mol. The number of aliphatic hydroxyl groups is 1. The Morgan fingerprint density at radius 3 is 2.27 bits per heavy atom. The van der Waals surface area contributed by atoms with E-state index in [1.807, 2.05) is 24.3 Å². The monoisotopic (exact) mass is 450 g/mol. The highest BCUT2D eigenvalue weighted by molar-refractivity contribution is 6.46. The third-order valence-corrected chi connectivity index (χ3v) is 6.37. The van der Waals surface area contributed by atoms with E-state index in [-0.39, 0.29) is 11.3 Å². The molecule has 0 radical (unpaired) electrons. The van der Waals surface area contributed by atoms with Gasteiger partial charge < -0.3 is 19.6 Å². The van der Waals surface area contributed by atoms with Crippen LogP contribution in [0.15, 0.2) is 54.1 Å². The van der Waals surface area contributed by atoms with Crippen molar-refractivity contribution in [2.45, 2.75) is 39.7 Å². The number of carbonyl (C=O) groups is 2. The molecule has 33 heavy (non-hydrogen) atoms. The number of carbonyl (C=O) groups excluding carboxylic acids is 2. The average molecular weight is 451 g/mol. The van der Waals surface area contributed by atoms with Gasteiger partial charge in [-0.2, -0.15) is 0 Å². The number of hydrogen-bond donors (Lipinski definition) is 1. The van der Waals surface area contributed by atoms with Gasteiger partial charge in [0.2, 0.25) is 0 Å². The van der Waals surface area contributed by atoms with Crippen molar-refractivity contribution in [2.75, 3.05) is 33.3 Å². The summed E-state index contributed by atoms with van der Waals surface area (Å²) in [5, 5.41) is 11.3. The van der Waals surface area contributed by atoms with Crippen molar-refractivity contribution in [3.63, 3.8) is 0 Å². The number of likely N-dealkylation sites (N-methyl/N-ethyl adjacent to an activating group) is 1. The molecule has 2 aromatic carbocycles. The first kappa shape index (κ1) is 24.5. The van der Waals surface area contributed by atoms with Gasteiger partial charge in [-0.3, -0.25) is 9.59 Å². The van der Waals surface area contributed by atoms with Gasteiger partial charge in [0.05, 0.1) is 24.3 Å². The lowest BCUT2D eigenvalue weighted by atomic mass is 9.93. The normalized spacial score (nSPS) is 17.9. The minimum atomic E-state index is -0.670. The van der Waals surface area contributed by atoms with Gasteiger partial charge in [0.1, 0.15) is 11.5 Å². The van der Waals surface area contributed by atoms with Crippen LogP contribution < -0.4 is 4.74 Å². The van der Waals surface area contributed by atoms with E-state index in [2.05, 4.69) is 32.6 Å². The second-order valence-corrected chi connectivity index (χ2v) is 8.54. The maximum atomic E-state index is 13.2. The van der Waals surface area contributed by atoms with E-state index in [1.54, 1.807) is 29.2 Å². The fraction of sp³-hybridized carbons (Fsp3) is 0.407. The van der Waals surface area contributed by atoms with Crippen molar-refractivity contribution in [2.24, 2.45) is 0 Å². The molecular formula is C27H34N2O4. The van der Waals surface area contributed by atoms with Crippen molar-refractivity contribution in [3.05, 3.63) is 70.8 Å². The zero-order valence-corrected chi connectivity index (χ0v) is 20.2. The summed E-state index contributed by atoms with van der Waals surface area (Å²) >= 11 is 0. The predicted molar refractivity (Wildman–Crippen MR) is 130 cm³/mol. The minimum Gasteiger partial charge on any atom is -0.507 e. The lowest BCUT2D eigenvalue weighted by molar-refractivity contribution is -0.140. The Hall–Kier alpha value is -3.12. The van der Waals surface area contributed by atoms with Crippen molar-refractivity contribution in [3.8, 4) is 5.75 Å². The van der Waals surface area contributed by atoms with Gasteiger partial charge in [-0.25, -0.2) is 0 Å². The summed E-state index contributed by atoms with van der Waals surface area (Å²) in [5.41, 5.74) is 2.46. The van der Waals surface area contributed by atoms with Crippen LogP contribution in [-0.4, -0.2) is 59.9 Å². The molecule has 1 heterocycles. The third-order valence-electron chi connectivity index (χ3n) is 6.37. The van der Waals surface area contributed by atoms with E-state index in [4.69, 9.17) is 4.74 Å². The minimum absolute atomic E-state index is 0.0985. The topological polar surface area (TPSA) is 70.1 Å². The fourth-order valence-corrected chi connectivity index (χ4v) is 4.29. The molecule has 0 bridgehead atoms. The first-order valence-corrected chi connectivity index (χ1v) is 11.6. The zero-order valence-electron chi connectivity index (χ0n) is 20.2. The second-order valence-electron chi connectivity index (χ2n) is 8.54. The molecule has 1 N–H and O–H groups in total. The van der Waals surface area contributed by atoms with Crippen LogP contribution in [-0.2, 0) is 9.59 Å². The predicted octanol–water partition coefficient (Wildman–Crippen LogP) is 4.58. The number of ether oxygens (including phenoxy) is 1. The first-order chi connectivity index (χ1) is 15.8. The Kier molecular flexibility index (Phi) is 7.92. The zero-order chi connectivity index (χ0) is 24.1. The number of para-hydroxylation sites is 1. The second kappa shape index (κ2) is 10.7. The van der Waals surface area contributed by atoms with Crippen LogP contribution in [0.4, 0.5) is 0 Å². The molecule has 6 nitrogen and oxygen atoms in total. The number of rotatable bonds is 9. The van der Waals surface area contributed by atoms with Crippen molar-refractivity contribution in [1.29, 1.82) is 0 Å². The van der Waals surface area contributed by atoms with Crippen LogP contribution in [0.5, 0.6) is 5.75 Å². The summed E-state index contributed by atoms with van der Waals surface area (Å²) in [6.45, 7) is 11.1. The molecule has 1 aliphatic heterocycles. The molecule has 1 aliphatic rings. The van der Waals surface area contributed by atoms with Gasteiger partial charge in [-0.15, -0.1) is 0 Å². The average Bonchev–Trinajstić information content (AvgIpc) is 3.09. The van der Waals surface area contributed by atoms with E-state index in [0.717, 1.165) is 18.7 Å². The van der Waals surface area contributed by atoms with Crippen LogP contribution >= 0.6 is 0 Å². The van der Waals surface area contributed by atoms with Gasteiger partial charge in [0, 0.05) is 13.1 Å². The summed E-state index contributed by atoms with van der Waals surface area (Å²) in [6, 6.07) is 14.3. The Labute approximate surface area is 196 Å². The Bertz CT molecular complexity index is 1020. The number of ketones is 1. The standard InChI is InChI=1S/C27H34N2O4/c1-6-28(7-2)16-17-29-24(20-14-12-19(13-15-20)18(3)4)23(26(31)27(29)32)25(30)21-10-8-9-11-22(21)33-5/h8-15,18,24,30H,6-7,16-17H2,1-5H3/b25-23+. The number of nitrogens with zero attached hydrogens (tertiary/aromatic N) is 2. The van der Waals surface area contributed by atoms with E-state index >= 15 is 0 Å². The smallest absolute Gasteiger partial charge is 0.295 e. The van der Waals surface area contributed by atoms with Gasteiger partial charge >= 0.3 is 0 Å². The van der Waals surface area contributed by atoms with E-state index in [9.17, 15) is 14.7 Å². The van der Waals surface area contributed by atoms with Crippen LogP contribution in [0.25, 0.3) is 5.76 Å². The van der Waals surface area contributed by atoms with Gasteiger partial charge in [-0.1, -0.05) is 64.1 Å². The largest absolute Gasteiger partial charge is 0.507 e. The number of likely N-dealkylation sites (tertiary alicyclic amines) is 1. The van der Waals surface area contributed by atoms with Gasteiger partial charge in [0.25, 0.3) is 11.7 Å². The van der Waals surface area contributed by atoms with E-state index in [1.165, 1.54) is 12.7 Å². The van der Waals surface area contributed by atoms with Crippen LogP contribution in [0, 0.1) is 0 Å². The molecule has 6 heteroatoms. The molecule has 1 atom stereocenters. The first-order valence-electron chi connectivity index (χ1n) is 11.6. The maximum Gasteiger partial charge on any atom is 0.295 e. The molecule has 0 aliphatic carbocycles. The Morgan fingerprint density at radius 2 is 1.70 bits per heavy atom. The van der Waals surface area contributed by atoms with E-state index in [0.29, 0.717) is 30.3 Å². The molecule has 0 saturated carbocycles. The third kappa shape index (κ3) is 4.96. The number of aliphatic hydroxyl groups excluding tert-OH is 1. The fourth-order valence-electron chi connectivity index (χ4n) is 4.29. The van der Waals surface area contributed by atoms with Crippen molar-refractivity contribution >= 4 is 17.4 Å². The highest BCUT2D eigenvalue weighted by Crippen LogP contribution is 2.41. The summed E-state index contributed by atoms with van der Waals surface area (Å²) in [6.07, 6.45) is 0. The molecule has 1 saturated heterocycles. The van der Waals surface area contributed by atoms with Gasteiger partial charge in [0.15, 0.2) is 0 Å². The van der Waals surface area contributed by atoms with Crippen LogP contribution in [0.2, 0.25) is 0 Å². The molecule has 1 amide bonds. The van der Waals surface area contributed by atoms with Crippen molar-refractivity contribution < 1.29 is 19.4 Å². The summed E-state index contributed by atoms with van der Waals surface area (Å²) in [5.74, 6) is -0.665. The molecule has 0 spiro atoms. The number of methoxy groups -OCH3 is 1. The summed E-state index contributed by atoms with van der Waals surface area (Å²) < 4.78 is 5.40. The van der Waals surface area contributed by atoms with Crippen LogP contribution in [0.1, 0.15) is 56.3 Å². The number of Topliss-reactive ketones (excluding diaryl/α,β-unsaturated/α-hetero) is 1. The Morgan fingerprint density at radius 1 is 1.06 bits per heavy atom. The molecule has 3 rings (SSSR count). The van der Waals surface area contributed by atoms with E-state index < -0.39 is 17.7 Å². The molecule has 1 fully saturated rings. The highest BCUT2D eigenvalue weighted by atomic mass is 16.5.